The third-order valence-corrected chi connectivity index (χ3v) is 2.90. The van der Waals surface area contributed by atoms with Crippen molar-refractivity contribution in [1.82, 2.24) is 14.8 Å². The molecule has 1 aromatic rings. The van der Waals surface area contributed by atoms with E-state index in [9.17, 15) is 0 Å². The minimum atomic E-state index is 0.401. The molecule has 1 aromatic heterocycles. The van der Waals surface area contributed by atoms with Gasteiger partial charge in [0.2, 0.25) is 0 Å². The monoisotopic (exact) mass is 230 g/mol. The van der Waals surface area contributed by atoms with Gasteiger partial charge in [-0.05, 0) is 28.8 Å². The summed E-state index contributed by atoms with van der Waals surface area (Å²) in [5.41, 5.74) is 5.63. The van der Waals surface area contributed by atoms with Crippen molar-refractivity contribution in [2.75, 3.05) is 6.54 Å². The topological polar surface area (TPSA) is 56.7 Å². The van der Waals surface area contributed by atoms with Gasteiger partial charge in [0.1, 0.15) is 5.82 Å². The highest BCUT2D eigenvalue weighted by atomic mass is 79.9. The van der Waals surface area contributed by atoms with Crippen LogP contribution in [0.5, 0.6) is 0 Å². The molecule has 4 nitrogen and oxygen atoms in total. The zero-order chi connectivity index (χ0) is 8.55. The summed E-state index contributed by atoms with van der Waals surface area (Å²) in [4.78, 5) is 0. The molecule has 0 saturated carbocycles. The first-order chi connectivity index (χ1) is 5.83. The molecule has 0 amide bonds. The second-order valence-electron chi connectivity index (χ2n) is 3.05. The van der Waals surface area contributed by atoms with Gasteiger partial charge in [-0.1, -0.05) is 0 Å². The molecule has 0 radical (unpaired) electrons. The van der Waals surface area contributed by atoms with E-state index in [0.717, 1.165) is 23.5 Å². The lowest BCUT2D eigenvalue weighted by atomic mass is 9.99. The summed E-state index contributed by atoms with van der Waals surface area (Å²) in [6.45, 7) is 1.69. The first kappa shape index (κ1) is 8.19. The summed E-state index contributed by atoms with van der Waals surface area (Å²) in [5.74, 6) is 1.44. The van der Waals surface area contributed by atoms with Crippen molar-refractivity contribution in [3.05, 3.63) is 10.6 Å². The number of rotatable bonds is 1. The molecule has 5 heteroatoms. The van der Waals surface area contributed by atoms with Gasteiger partial charge in [-0.25, -0.2) is 0 Å². The summed E-state index contributed by atoms with van der Waals surface area (Å²) >= 11 is 3.36. The van der Waals surface area contributed by atoms with Crippen LogP contribution in [0.3, 0.4) is 0 Å². The molecule has 2 N–H and O–H groups in total. The largest absolute Gasteiger partial charge is 0.330 e. The quantitative estimate of drug-likeness (QED) is 0.780. The second kappa shape index (κ2) is 3.14. The fraction of sp³-hybridized carbons (Fsp3) is 0.714. The minimum Gasteiger partial charge on any atom is -0.330 e. The van der Waals surface area contributed by atoms with Crippen molar-refractivity contribution in [3.8, 4) is 0 Å². The second-order valence-corrected chi connectivity index (χ2v) is 3.76. The van der Waals surface area contributed by atoms with Crippen LogP contribution in [0.2, 0.25) is 0 Å². The zero-order valence-electron chi connectivity index (χ0n) is 6.70. The Kier molecular flexibility index (Phi) is 2.14. The van der Waals surface area contributed by atoms with Crippen LogP contribution in [0.15, 0.2) is 4.73 Å². The Balaban J connectivity index is 2.38. The molecule has 0 aliphatic carbocycles. The van der Waals surface area contributed by atoms with Crippen LogP contribution in [-0.4, -0.2) is 21.3 Å². The van der Waals surface area contributed by atoms with Crippen molar-refractivity contribution in [3.63, 3.8) is 0 Å². The Morgan fingerprint density at radius 2 is 2.42 bits per heavy atom. The van der Waals surface area contributed by atoms with Crippen LogP contribution in [0.4, 0.5) is 0 Å². The van der Waals surface area contributed by atoms with Gasteiger partial charge in [0, 0.05) is 19.0 Å². The fourth-order valence-corrected chi connectivity index (χ4v) is 2.09. The van der Waals surface area contributed by atoms with E-state index in [2.05, 4.69) is 30.7 Å². The molecule has 0 bridgehead atoms. The lowest BCUT2D eigenvalue weighted by molar-refractivity contribution is 0.444. The van der Waals surface area contributed by atoms with Gasteiger partial charge in [0.15, 0.2) is 4.73 Å². The minimum absolute atomic E-state index is 0.401. The normalized spacial score (nSPS) is 22.3. The SMILES string of the molecule is NCC1CCCn2c(Br)nnc21. The molecular formula is C7H11BrN4. The summed E-state index contributed by atoms with van der Waals surface area (Å²) in [6, 6.07) is 0. The molecular weight excluding hydrogens is 220 g/mol. The maximum Gasteiger partial charge on any atom is 0.200 e. The van der Waals surface area contributed by atoms with Crippen LogP contribution in [0.25, 0.3) is 0 Å². The average molecular weight is 231 g/mol. The van der Waals surface area contributed by atoms with Gasteiger partial charge < -0.3 is 10.3 Å². The van der Waals surface area contributed by atoms with E-state index in [1.165, 1.54) is 6.42 Å². The van der Waals surface area contributed by atoms with Gasteiger partial charge in [-0.3, -0.25) is 0 Å². The first-order valence-electron chi connectivity index (χ1n) is 4.11. The number of nitrogens with two attached hydrogens (primary N) is 1. The van der Waals surface area contributed by atoms with Crippen LogP contribution in [0, 0.1) is 0 Å². The number of hydrogen-bond acceptors (Lipinski definition) is 3. The van der Waals surface area contributed by atoms with Crippen LogP contribution in [-0.2, 0) is 6.54 Å². The first-order valence-corrected chi connectivity index (χ1v) is 4.91. The number of aromatic nitrogens is 3. The summed E-state index contributed by atoms with van der Waals surface area (Å²) in [6.07, 6.45) is 2.31. The van der Waals surface area contributed by atoms with Crippen LogP contribution >= 0.6 is 15.9 Å². The third-order valence-electron chi connectivity index (χ3n) is 2.32. The highest BCUT2D eigenvalue weighted by molar-refractivity contribution is 9.10. The number of halogens is 1. The Morgan fingerprint density at radius 3 is 3.17 bits per heavy atom. The lowest BCUT2D eigenvalue weighted by Crippen LogP contribution is -2.22. The molecule has 1 aliphatic heterocycles. The smallest absolute Gasteiger partial charge is 0.200 e. The van der Waals surface area contributed by atoms with Gasteiger partial charge in [-0.2, -0.15) is 0 Å². The van der Waals surface area contributed by atoms with E-state index >= 15 is 0 Å². The van der Waals surface area contributed by atoms with Crippen LogP contribution < -0.4 is 5.73 Å². The third kappa shape index (κ3) is 1.17. The molecule has 0 aromatic carbocycles. The molecule has 1 unspecified atom stereocenters. The Labute approximate surface area is 79.3 Å². The van der Waals surface area contributed by atoms with Gasteiger partial charge in [0.05, 0.1) is 0 Å². The molecule has 0 saturated heterocycles. The Hall–Kier alpha value is -0.420. The highest BCUT2D eigenvalue weighted by Crippen LogP contribution is 2.26. The summed E-state index contributed by atoms with van der Waals surface area (Å²) in [7, 11) is 0. The molecule has 0 spiro atoms. The predicted molar refractivity (Wildman–Crippen MR) is 48.8 cm³/mol. The Bertz CT molecular complexity index is 283. The van der Waals surface area contributed by atoms with Crippen LogP contribution in [0.1, 0.15) is 24.6 Å². The molecule has 2 heterocycles. The molecule has 0 fully saturated rings. The summed E-state index contributed by atoms with van der Waals surface area (Å²) in [5, 5.41) is 8.07. The maximum atomic E-state index is 5.63. The maximum absolute atomic E-state index is 5.63. The number of fused-ring (bicyclic) bond motifs is 1. The van der Waals surface area contributed by atoms with Crippen molar-refractivity contribution in [1.29, 1.82) is 0 Å². The van der Waals surface area contributed by atoms with Crippen molar-refractivity contribution in [2.45, 2.75) is 25.3 Å². The van der Waals surface area contributed by atoms with Crippen molar-refractivity contribution < 1.29 is 0 Å². The van der Waals surface area contributed by atoms with Gasteiger partial charge in [-0.15, -0.1) is 10.2 Å². The predicted octanol–water partition coefficient (Wildman–Crippen LogP) is 0.877. The Morgan fingerprint density at radius 1 is 1.58 bits per heavy atom. The van der Waals surface area contributed by atoms with Crippen molar-refractivity contribution >= 4 is 15.9 Å². The van der Waals surface area contributed by atoms with E-state index in [1.807, 2.05) is 0 Å². The van der Waals surface area contributed by atoms with E-state index in [4.69, 9.17) is 5.73 Å². The zero-order valence-corrected chi connectivity index (χ0v) is 8.29. The number of nitrogens with zero attached hydrogens (tertiary/aromatic N) is 3. The highest BCUT2D eigenvalue weighted by Gasteiger charge is 2.22. The van der Waals surface area contributed by atoms with E-state index < -0.39 is 0 Å². The fourth-order valence-electron chi connectivity index (χ4n) is 1.65. The van der Waals surface area contributed by atoms with E-state index in [0.29, 0.717) is 12.5 Å². The van der Waals surface area contributed by atoms with E-state index in [1.54, 1.807) is 0 Å². The van der Waals surface area contributed by atoms with Crippen molar-refractivity contribution in [2.24, 2.45) is 5.73 Å². The average Bonchev–Trinajstić information content (AvgIpc) is 2.48. The lowest BCUT2D eigenvalue weighted by Gasteiger charge is -2.21. The molecule has 2 rings (SSSR count). The van der Waals surface area contributed by atoms with Gasteiger partial charge in [0.25, 0.3) is 0 Å². The summed E-state index contributed by atoms with van der Waals surface area (Å²) < 4.78 is 2.93. The standard InChI is InChI=1S/C7H11BrN4/c8-7-11-10-6-5(4-9)2-1-3-12(6)7/h5H,1-4,9H2. The molecule has 1 aliphatic rings. The van der Waals surface area contributed by atoms with E-state index in [-0.39, 0.29) is 0 Å². The number of hydrogen-bond donors (Lipinski definition) is 1. The molecule has 66 valence electrons. The van der Waals surface area contributed by atoms with Gasteiger partial charge >= 0.3 is 0 Å². The molecule has 12 heavy (non-hydrogen) atoms. The molecule has 1 atom stereocenters.